The van der Waals surface area contributed by atoms with Crippen LogP contribution in [0.25, 0.3) is 0 Å². The summed E-state index contributed by atoms with van der Waals surface area (Å²) in [6, 6.07) is 0. The fourth-order valence-electron chi connectivity index (χ4n) is 1.05. The summed E-state index contributed by atoms with van der Waals surface area (Å²) in [6.07, 6.45) is 0. The first kappa shape index (κ1) is 10.7. The molecule has 76 valence electrons. The van der Waals surface area contributed by atoms with Gasteiger partial charge in [-0.2, -0.15) is 0 Å². The zero-order valence-electron chi connectivity index (χ0n) is 8.18. The van der Waals surface area contributed by atoms with Gasteiger partial charge < -0.3 is 10.6 Å². The highest BCUT2D eigenvalue weighted by Crippen LogP contribution is 2.20. The van der Waals surface area contributed by atoms with E-state index < -0.39 is 0 Å². The second kappa shape index (κ2) is 4.23. The third-order valence-corrected chi connectivity index (χ3v) is 1.94. The number of carbonyl (C=O) groups excluding carboxylic acids is 1. The molecule has 1 amide bonds. The van der Waals surface area contributed by atoms with Crippen molar-refractivity contribution >= 4 is 23.3 Å². The fraction of sp³-hybridized carbons (Fsp3) is 0.375. The molecule has 0 radical (unpaired) electrons. The number of halogens is 1. The molecule has 2 N–H and O–H groups in total. The van der Waals surface area contributed by atoms with Gasteiger partial charge in [0.05, 0.1) is 0 Å². The molecule has 0 atom stereocenters. The van der Waals surface area contributed by atoms with Crippen LogP contribution in [-0.2, 0) is 0 Å². The average Bonchev–Trinajstić information content (AvgIpc) is 2.15. The fourth-order valence-corrected chi connectivity index (χ4v) is 1.34. The molecule has 0 saturated heterocycles. The predicted octanol–water partition coefficient (Wildman–Crippen LogP) is 0.840. The quantitative estimate of drug-likeness (QED) is 0.716. The minimum atomic E-state index is -0.306. The van der Waals surface area contributed by atoms with Crippen molar-refractivity contribution in [2.24, 2.45) is 0 Å². The Hall–Kier alpha value is -1.36. The number of amides is 1. The molecule has 0 aliphatic heterocycles. The van der Waals surface area contributed by atoms with E-state index in [1.807, 2.05) is 0 Å². The number of carbonyl (C=O) groups is 1. The minimum absolute atomic E-state index is 0.154. The molecular formula is C8H11ClN4O. The smallest absolute Gasteiger partial charge is 0.257 e. The maximum atomic E-state index is 11.4. The highest BCUT2D eigenvalue weighted by Gasteiger charge is 2.16. The van der Waals surface area contributed by atoms with Gasteiger partial charge in [0.25, 0.3) is 5.91 Å². The van der Waals surface area contributed by atoms with Crippen molar-refractivity contribution in [3.63, 3.8) is 0 Å². The van der Waals surface area contributed by atoms with Crippen molar-refractivity contribution < 1.29 is 4.79 Å². The molecule has 1 rings (SSSR count). The van der Waals surface area contributed by atoms with Gasteiger partial charge in [0.2, 0.25) is 0 Å². The van der Waals surface area contributed by atoms with Crippen LogP contribution < -0.4 is 10.6 Å². The van der Waals surface area contributed by atoms with E-state index in [9.17, 15) is 4.79 Å². The lowest BCUT2D eigenvalue weighted by Crippen LogP contribution is -2.21. The zero-order chi connectivity index (χ0) is 10.7. The van der Waals surface area contributed by atoms with E-state index in [4.69, 9.17) is 11.6 Å². The summed E-state index contributed by atoms with van der Waals surface area (Å²) < 4.78 is 0. The Bertz CT molecular complexity index is 367. The Labute approximate surface area is 86.9 Å². The Morgan fingerprint density at radius 2 is 2.00 bits per heavy atom. The van der Waals surface area contributed by atoms with Crippen molar-refractivity contribution in [3.05, 3.63) is 16.5 Å². The molecule has 6 heteroatoms. The van der Waals surface area contributed by atoms with E-state index in [1.54, 1.807) is 14.0 Å². The van der Waals surface area contributed by atoms with Crippen LogP contribution >= 0.6 is 11.6 Å². The normalized spacial score (nSPS) is 9.71. The molecule has 14 heavy (non-hydrogen) atoms. The number of hydrogen-bond donors (Lipinski definition) is 2. The van der Waals surface area contributed by atoms with Crippen LogP contribution in [0.4, 0.5) is 5.82 Å². The van der Waals surface area contributed by atoms with Gasteiger partial charge in [-0.15, -0.1) is 0 Å². The Balaban J connectivity index is 3.32. The van der Waals surface area contributed by atoms with Crippen molar-refractivity contribution in [2.45, 2.75) is 6.92 Å². The first-order valence-corrected chi connectivity index (χ1v) is 4.42. The van der Waals surface area contributed by atoms with Crippen molar-refractivity contribution in [3.8, 4) is 0 Å². The molecule has 0 spiro atoms. The predicted molar refractivity (Wildman–Crippen MR) is 54.7 cm³/mol. The first-order valence-electron chi connectivity index (χ1n) is 4.04. The Morgan fingerprint density at radius 3 is 2.50 bits per heavy atom. The number of hydrogen-bond acceptors (Lipinski definition) is 4. The van der Waals surface area contributed by atoms with Crippen LogP contribution in [-0.4, -0.2) is 30.0 Å². The largest absolute Gasteiger partial charge is 0.372 e. The second-order valence-electron chi connectivity index (χ2n) is 2.61. The molecule has 0 aliphatic rings. The average molecular weight is 215 g/mol. The number of anilines is 1. The summed E-state index contributed by atoms with van der Waals surface area (Å²) >= 11 is 5.84. The van der Waals surface area contributed by atoms with E-state index in [2.05, 4.69) is 20.6 Å². The first-order chi connectivity index (χ1) is 6.60. The van der Waals surface area contributed by atoms with Gasteiger partial charge in [-0.3, -0.25) is 4.79 Å². The summed E-state index contributed by atoms with van der Waals surface area (Å²) in [5.41, 5.74) is 0.266. The lowest BCUT2D eigenvalue weighted by atomic mass is 10.3. The lowest BCUT2D eigenvalue weighted by molar-refractivity contribution is 0.0963. The van der Waals surface area contributed by atoms with Gasteiger partial charge in [-0.05, 0) is 6.92 Å². The molecule has 5 nitrogen and oxygen atoms in total. The van der Waals surface area contributed by atoms with Crippen LogP contribution in [0.15, 0.2) is 0 Å². The van der Waals surface area contributed by atoms with E-state index in [-0.39, 0.29) is 16.6 Å². The molecule has 1 heterocycles. The maximum absolute atomic E-state index is 11.4. The number of aromatic nitrogens is 2. The van der Waals surface area contributed by atoms with Gasteiger partial charge in [-0.1, -0.05) is 11.6 Å². The van der Waals surface area contributed by atoms with E-state index in [0.717, 1.165) is 0 Å². The zero-order valence-corrected chi connectivity index (χ0v) is 8.94. The summed E-state index contributed by atoms with van der Waals surface area (Å²) in [6.45, 7) is 1.71. The third-order valence-electron chi connectivity index (χ3n) is 1.67. The molecule has 0 saturated carbocycles. The molecule has 0 aromatic carbocycles. The summed E-state index contributed by atoms with van der Waals surface area (Å²) in [5.74, 6) is 0.646. The Morgan fingerprint density at radius 1 is 1.36 bits per heavy atom. The monoisotopic (exact) mass is 214 g/mol. The summed E-state index contributed by atoms with van der Waals surface area (Å²) in [5, 5.41) is 5.42. The topological polar surface area (TPSA) is 66.9 Å². The Kier molecular flexibility index (Phi) is 3.24. The highest BCUT2D eigenvalue weighted by molar-refractivity contribution is 6.33. The summed E-state index contributed by atoms with van der Waals surface area (Å²) in [7, 11) is 3.20. The molecule has 1 aromatic rings. The lowest BCUT2D eigenvalue weighted by Gasteiger charge is -2.08. The minimum Gasteiger partial charge on any atom is -0.372 e. The van der Waals surface area contributed by atoms with E-state index in [0.29, 0.717) is 11.6 Å². The number of aryl methyl sites for hydroxylation is 1. The van der Waals surface area contributed by atoms with Crippen LogP contribution in [0.3, 0.4) is 0 Å². The van der Waals surface area contributed by atoms with Crippen molar-refractivity contribution in [2.75, 3.05) is 19.4 Å². The van der Waals surface area contributed by atoms with Gasteiger partial charge >= 0.3 is 0 Å². The van der Waals surface area contributed by atoms with Crippen molar-refractivity contribution in [1.29, 1.82) is 0 Å². The number of nitrogens with one attached hydrogen (secondary N) is 2. The van der Waals surface area contributed by atoms with Gasteiger partial charge in [-0.25, -0.2) is 9.97 Å². The molecule has 0 aliphatic carbocycles. The maximum Gasteiger partial charge on any atom is 0.257 e. The van der Waals surface area contributed by atoms with Crippen LogP contribution in [0, 0.1) is 6.92 Å². The van der Waals surface area contributed by atoms with Gasteiger partial charge in [0.15, 0.2) is 0 Å². The third kappa shape index (κ3) is 1.93. The van der Waals surface area contributed by atoms with Gasteiger partial charge in [0.1, 0.15) is 22.4 Å². The second-order valence-corrected chi connectivity index (χ2v) is 2.97. The molecule has 1 aromatic heterocycles. The standard InChI is InChI=1S/C8H11ClN4O/c1-4-12-6(9)5(8(14)11-3)7(10-2)13-4/h1-3H3,(H,11,14)(H,10,12,13). The molecular weight excluding hydrogens is 204 g/mol. The van der Waals surface area contributed by atoms with Gasteiger partial charge in [0, 0.05) is 14.1 Å². The summed E-state index contributed by atoms with van der Waals surface area (Å²) in [4.78, 5) is 19.4. The SMILES string of the molecule is CNC(=O)c1c(Cl)nc(C)nc1NC. The van der Waals surface area contributed by atoms with E-state index >= 15 is 0 Å². The van der Waals surface area contributed by atoms with E-state index in [1.165, 1.54) is 7.05 Å². The van der Waals surface area contributed by atoms with Crippen LogP contribution in [0.2, 0.25) is 5.15 Å². The molecule has 0 fully saturated rings. The highest BCUT2D eigenvalue weighted by atomic mass is 35.5. The number of nitrogens with zero attached hydrogens (tertiary/aromatic N) is 2. The van der Waals surface area contributed by atoms with Crippen molar-refractivity contribution in [1.82, 2.24) is 15.3 Å². The number of rotatable bonds is 2. The molecule has 0 unspecified atom stereocenters. The van der Waals surface area contributed by atoms with Crippen LogP contribution in [0.5, 0.6) is 0 Å². The molecule has 0 bridgehead atoms. The van der Waals surface area contributed by atoms with Crippen LogP contribution in [0.1, 0.15) is 16.2 Å².